The molecule has 0 fully saturated rings. The molecule has 5 nitrogen and oxygen atoms in total. The molecule has 0 aliphatic rings. The second kappa shape index (κ2) is 9.91. The van der Waals surface area contributed by atoms with E-state index in [9.17, 15) is 4.79 Å². The van der Waals surface area contributed by atoms with E-state index in [1.54, 1.807) is 12.3 Å². The average molecular weight is 482 g/mol. The first-order valence-corrected chi connectivity index (χ1v) is 12.1. The number of ether oxygens (including phenoxy) is 1. The fraction of sp³-hybridized carbons (Fsp3) is 0.0312. The molecular formula is C32H23N3O2. The summed E-state index contributed by atoms with van der Waals surface area (Å²) in [4.78, 5) is 18.4. The van der Waals surface area contributed by atoms with E-state index in [0.29, 0.717) is 29.1 Å². The topological polar surface area (TPSA) is 56.5 Å². The minimum atomic E-state index is -0.229. The normalized spacial score (nSPS) is 11.4. The Morgan fingerprint density at radius 1 is 0.730 bits per heavy atom. The fourth-order valence-electron chi connectivity index (χ4n) is 4.39. The molecule has 6 rings (SSSR count). The molecule has 6 aromatic rings. The lowest BCUT2D eigenvalue weighted by Gasteiger charge is -2.13. The van der Waals surface area contributed by atoms with E-state index < -0.39 is 0 Å². The summed E-state index contributed by atoms with van der Waals surface area (Å²) in [6, 6.07) is 39.0. The van der Waals surface area contributed by atoms with Gasteiger partial charge >= 0.3 is 0 Å². The van der Waals surface area contributed by atoms with Gasteiger partial charge < -0.3 is 4.74 Å². The second-order valence-electron chi connectivity index (χ2n) is 8.65. The van der Waals surface area contributed by atoms with Gasteiger partial charge in [0.2, 0.25) is 0 Å². The van der Waals surface area contributed by atoms with Gasteiger partial charge in [-0.2, -0.15) is 9.78 Å². The van der Waals surface area contributed by atoms with Gasteiger partial charge in [-0.25, -0.2) is 4.98 Å². The largest absolute Gasteiger partial charge is 0.488 e. The van der Waals surface area contributed by atoms with E-state index in [1.807, 2.05) is 115 Å². The van der Waals surface area contributed by atoms with Crippen LogP contribution in [0, 0.1) is 0 Å². The Balaban J connectivity index is 1.50. The highest BCUT2D eigenvalue weighted by molar-refractivity contribution is 6.02. The first-order valence-electron chi connectivity index (χ1n) is 12.1. The van der Waals surface area contributed by atoms with Gasteiger partial charge in [-0.3, -0.25) is 4.79 Å². The zero-order valence-corrected chi connectivity index (χ0v) is 20.0. The predicted octanol–water partition coefficient (Wildman–Crippen LogP) is 6.68. The maximum absolute atomic E-state index is 13.6. The first kappa shape index (κ1) is 22.4. The number of benzene rings is 5. The van der Waals surface area contributed by atoms with Crippen LogP contribution in [-0.4, -0.2) is 15.9 Å². The van der Waals surface area contributed by atoms with Crippen molar-refractivity contribution in [3.63, 3.8) is 0 Å². The fourth-order valence-corrected chi connectivity index (χ4v) is 4.39. The molecule has 0 unspecified atom stereocenters. The molecule has 0 aliphatic carbocycles. The van der Waals surface area contributed by atoms with E-state index in [-0.39, 0.29) is 5.56 Å². The van der Waals surface area contributed by atoms with E-state index in [2.05, 4.69) is 0 Å². The monoisotopic (exact) mass is 481 g/mol. The highest BCUT2D eigenvalue weighted by Gasteiger charge is 2.13. The third-order valence-electron chi connectivity index (χ3n) is 6.26. The van der Waals surface area contributed by atoms with Gasteiger partial charge in [-0.05, 0) is 34.5 Å². The predicted molar refractivity (Wildman–Crippen MR) is 149 cm³/mol. The van der Waals surface area contributed by atoms with Crippen molar-refractivity contribution in [2.24, 2.45) is 5.10 Å². The van der Waals surface area contributed by atoms with Crippen molar-refractivity contribution in [3.8, 4) is 17.1 Å². The average Bonchev–Trinajstić information content (AvgIpc) is 2.96. The standard InChI is InChI=1S/C32H23N3O2/c36-32-27-17-9-10-18-29(27)34-31(25-14-5-2-6-15-25)35(32)33-21-28-26-16-8-7-13-24(26)19-20-30(28)37-22-23-11-3-1-4-12-23/h1-21H,22H2. The van der Waals surface area contributed by atoms with Gasteiger partial charge in [0.15, 0.2) is 5.82 Å². The molecule has 1 aromatic heterocycles. The molecule has 1 heterocycles. The van der Waals surface area contributed by atoms with Crippen LogP contribution in [0.2, 0.25) is 0 Å². The van der Waals surface area contributed by atoms with Crippen LogP contribution < -0.4 is 10.3 Å². The van der Waals surface area contributed by atoms with Crippen molar-refractivity contribution in [1.82, 2.24) is 9.66 Å². The third-order valence-corrected chi connectivity index (χ3v) is 6.26. The Kier molecular flexibility index (Phi) is 6.01. The number of aromatic nitrogens is 2. The van der Waals surface area contributed by atoms with Crippen LogP contribution in [-0.2, 0) is 6.61 Å². The van der Waals surface area contributed by atoms with Gasteiger partial charge in [-0.15, -0.1) is 0 Å². The quantitative estimate of drug-likeness (QED) is 0.249. The second-order valence-corrected chi connectivity index (χ2v) is 8.65. The van der Waals surface area contributed by atoms with Gasteiger partial charge in [0.05, 0.1) is 17.1 Å². The molecule has 0 spiro atoms. The van der Waals surface area contributed by atoms with Crippen LogP contribution >= 0.6 is 0 Å². The molecular weight excluding hydrogens is 458 g/mol. The molecule has 5 heteroatoms. The number of hydrogen-bond acceptors (Lipinski definition) is 4. The van der Waals surface area contributed by atoms with Crippen molar-refractivity contribution in [2.75, 3.05) is 0 Å². The SMILES string of the molecule is O=c1c2ccccc2nc(-c2ccccc2)n1N=Cc1c(OCc2ccccc2)ccc2ccccc12. The zero-order valence-electron chi connectivity index (χ0n) is 20.0. The molecule has 37 heavy (non-hydrogen) atoms. The Labute approximate surface area is 213 Å². The number of para-hydroxylation sites is 1. The van der Waals surface area contributed by atoms with Crippen molar-refractivity contribution >= 4 is 27.9 Å². The van der Waals surface area contributed by atoms with Crippen molar-refractivity contribution in [3.05, 3.63) is 143 Å². The third kappa shape index (κ3) is 4.50. The summed E-state index contributed by atoms with van der Waals surface area (Å²) in [5, 5.41) is 7.26. The molecule has 5 aromatic carbocycles. The van der Waals surface area contributed by atoms with Crippen LogP contribution in [0.1, 0.15) is 11.1 Å². The number of hydrogen-bond donors (Lipinski definition) is 0. The Morgan fingerprint density at radius 3 is 2.22 bits per heavy atom. The summed E-state index contributed by atoms with van der Waals surface area (Å²) in [5.41, 5.74) is 3.08. The molecule has 178 valence electrons. The van der Waals surface area contributed by atoms with Crippen LogP contribution in [0.3, 0.4) is 0 Å². The van der Waals surface area contributed by atoms with E-state index in [0.717, 1.165) is 27.5 Å². The van der Waals surface area contributed by atoms with Crippen LogP contribution in [0.25, 0.3) is 33.1 Å². The van der Waals surface area contributed by atoms with Crippen LogP contribution in [0.15, 0.2) is 131 Å². The minimum Gasteiger partial charge on any atom is -0.488 e. The van der Waals surface area contributed by atoms with Crippen molar-refractivity contribution < 1.29 is 4.74 Å². The summed E-state index contributed by atoms with van der Waals surface area (Å²) in [6.07, 6.45) is 1.70. The van der Waals surface area contributed by atoms with Crippen LogP contribution in [0.5, 0.6) is 5.75 Å². The highest BCUT2D eigenvalue weighted by atomic mass is 16.5. The lowest BCUT2D eigenvalue weighted by Crippen LogP contribution is -2.20. The summed E-state index contributed by atoms with van der Waals surface area (Å²) >= 11 is 0. The summed E-state index contributed by atoms with van der Waals surface area (Å²) in [7, 11) is 0. The molecule has 0 bridgehead atoms. The van der Waals surface area contributed by atoms with Gasteiger partial charge in [0.1, 0.15) is 12.4 Å². The van der Waals surface area contributed by atoms with Crippen molar-refractivity contribution in [2.45, 2.75) is 6.61 Å². The van der Waals surface area contributed by atoms with Gasteiger partial charge in [-0.1, -0.05) is 103 Å². The first-order chi connectivity index (χ1) is 18.3. The lowest BCUT2D eigenvalue weighted by molar-refractivity contribution is 0.306. The number of fused-ring (bicyclic) bond motifs is 2. The number of nitrogens with zero attached hydrogens (tertiary/aromatic N) is 3. The summed E-state index contributed by atoms with van der Waals surface area (Å²) < 4.78 is 7.62. The summed E-state index contributed by atoms with van der Waals surface area (Å²) in [5.74, 6) is 1.17. The maximum atomic E-state index is 13.6. The Bertz CT molecular complexity index is 1790. The smallest absolute Gasteiger partial charge is 0.282 e. The van der Waals surface area contributed by atoms with E-state index >= 15 is 0 Å². The molecule has 0 aliphatic heterocycles. The van der Waals surface area contributed by atoms with E-state index in [1.165, 1.54) is 4.68 Å². The maximum Gasteiger partial charge on any atom is 0.282 e. The van der Waals surface area contributed by atoms with Crippen molar-refractivity contribution in [1.29, 1.82) is 0 Å². The highest BCUT2D eigenvalue weighted by Crippen LogP contribution is 2.28. The Hall–Kier alpha value is -5.03. The molecule has 0 atom stereocenters. The van der Waals surface area contributed by atoms with Gasteiger partial charge in [0, 0.05) is 11.1 Å². The number of rotatable bonds is 6. The lowest BCUT2D eigenvalue weighted by atomic mass is 10.0. The zero-order chi connectivity index (χ0) is 25.0. The Morgan fingerprint density at radius 2 is 1.41 bits per heavy atom. The van der Waals surface area contributed by atoms with Crippen LogP contribution in [0.4, 0.5) is 0 Å². The minimum absolute atomic E-state index is 0.229. The molecule has 0 saturated heterocycles. The summed E-state index contributed by atoms with van der Waals surface area (Å²) in [6.45, 7) is 0.423. The van der Waals surface area contributed by atoms with E-state index in [4.69, 9.17) is 14.8 Å². The molecule has 0 saturated carbocycles. The molecule has 0 amide bonds. The molecule has 0 radical (unpaired) electrons. The molecule has 0 N–H and O–H groups in total. The van der Waals surface area contributed by atoms with Gasteiger partial charge in [0.25, 0.3) is 5.56 Å².